The summed E-state index contributed by atoms with van der Waals surface area (Å²) >= 11 is 0. The molecule has 0 aromatic heterocycles. The molecule has 0 unspecified atom stereocenters. The van der Waals surface area contributed by atoms with E-state index in [2.05, 4.69) is 0 Å². The Morgan fingerprint density at radius 2 is 0.565 bits per heavy atom. The van der Waals surface area contributed by atoms with Crippen LogP contribution in [0.3, 0.4) is 0 Å². The Balaban J connectivity index is 0. The average Bonchev–Trinajstić information content (AvgIpc) is 2.51. The summed E-state index contributed by atoms with van der Waals surface area (Å²) in [6.45, 7) is 0. The van der Waals surface area contributed by atoms with E-state index in [0.29, 0.717) is 17.2 Å². The molecule has 120 valence electrons. The molecule has 0 aliphatic heterocycles. The van der Waals surface area contributed by atoms with Crippen molar-refractivity contribution in [2.45, 2.75) is 0 Å². The van der Waals surface area contributed by atoms with Gasteiger partial charge in [-0.1, -0.05) is 54.6 Å². The summed E-state index contributed by atoms with van der Waals surface area (Å²) < 4.78 is 0. The van der Waals surface area contributed by atoms with Gasteiger partial charge < -0.3 is 32.3 Å². The fourth-order valence-electron chi connectivity index (χ4n) is 1.28. The minimum atomic E-state index is 0. The van der Waals surface area contributed by atoms with Gasteiger partial charge in [0.1, 0.15) is 17.2 Å². The Morgan fingerprint density at radius 1 is 0.391 bits per heavy atom. The van der Waals surface area contributed by atoms with E-state index in [9.17, 15) is 0 Å². The minimum Gasteiger partial charge on any atom is -1.00 e. The first-order valence-electron chi connectivity index (χ1n) is 6.40. The SMILES string of the molecule is Oc1ccccc1.Oc1ccccc1.Oc1ccccc1.[Br-].[Ti]. The molecule has 0 amide bonds. The van der Waals surface area contributed by atoms with Gasteiger partial charge in [0.05, 0.1) is 0 Å². The number of aromatic hydroxyl groups is 3. The number of phenols is 3. The van der Waals surface area contributed by atoms with Crippen molar-refractivity contribution in [1.82, 2.24) is 0 Å². The van der Waals surface area contributed by atoms with Crippen molar-refractivity contribution in [3.05, 3.63) is 91.0 Å². The normalized spacial score (nSPS) is 7.83. The number of rotatable bonds is 0. The second kappa shape index (κ2) is 15.2. The predicted octanol–water partition coefficient (Wildman–Crippen LogP) is 1.18. The van der Waals surface area contributed by atoms with Crippen LogP contribution >= 0.6 is 0 Å². The summed E-state index contributed by atoms with van der Waals surface area (Å²) in [5.41, 5.74) is 0. The molecule has 3 N–H and O–H groups in total. The molecule has 3 nitrogen and oxygen atoms in total. The monoisotopic (exact) mass is 409 g/mol. The topological polar surface area (TPSA) is 60.7 Å². The van der Waals surface area contributed by atoms with E-state index in [4.69, 9.17) is 15.3 Å². The molecule has 3 aromatic carbocycles. The molecule has 0 saturated heterocycles. The Bertz CT molecular complexity index is 503. The zero-order valence-corrected chi connectivity index (χ0v) is 15.5. The summed E-state index contributed by atoms with van der Waals surface area (Å²) in [5.74, 6) is 0.965. The molecule has 3 aromatic rings. The fraction of sp³-hybridized carbons (Fsp3) is 0. The van der Waals surface area contributed by atoms with Gasteiger partial charge in [-0.15, -0.1) is 0 Å². The van der Waals surface area contributed by atoms with Gasteiger partial charge in [-0.05, 0) is 36.4 Å². The Labute approximate surface area is 161 Å². The van der Waals surface area contributed by atoms with Crippen LogP contribution in [-0.4, -0.2) is 15.3 Å². The van der Waals surface area contributed by atoms with Crippen molar-refractivity contribution in [3.8, 4) is 17.2 Å². The zero-order valence-electron chi connectivity index (χ0n) is 12.4. The van der Waals surface area contributed by atoms with Crippen LogP contribution in [0.15, 0.2) is 91.0 Å². The Hall–Kier alpha value is -1.75. The van der Waals surface area contributed by atoms with Crippen LogP contribution in [0.4, 0.5) is 0 Å². The zero-order chi connectivity index (χ0) is 15.3. The van der Waals surface area contributed by atoms with E-state index in [0.717, 1.165) is 0 Å². The second-order valence-electron chi connectivity index (χ2n) is 4.01. The number of hydrogen-bond acceptors (Lipinski definition) is 3. The first kappa shape index (κ1) is 23.5. The molecule has 0 heterocycles. The molecule has 23 heavy (non-hydrogen) atoms. The van der Waals surface area contributed by atoms with Gasteiger partial charge in [0.2, 0.25) is 0 Å². The molecule has 0 bridgehead atoms. The third-order valence-electron chi connectivity index (χ3n) is 2.27. The van der Waals surface area contributed by atoms with Crippen LogP contribution in [0.25, 0.3) is 0 Å². The van der Waals surface area contributed by atoms with E-state index < -0.39 is 0 Å². The number of phenolic OH excluding ortho intramolecular Hbond substituents is 3. The first-order valence-corrected chi connectivity index (χ1v) is 6.40. The van der Waals surface area contributed by atoms with Gasteiger partial charge in [0.15, 0.2) is 0 Å². The standard InChI is InChI=1S/3C6H6O.BrH.Ti/c3*7-6-4-2-1-3-5-6;;/h3*1-5,7H;1H;/p-1. The molecule has 0 saturated carbocycles. The minimum absolute atomic E-state index is 0. The van der Waals surface area contributed by atoms with Gasteiger partial charge in [0.25, 0.3) is 0 Å². The smallest absolute Gasteiger partial charge is 0.115 e. The van der Waals surface area contributed by atoms with E-state index in [1.54, 1.807) is 72.8 Å². The molecule has 5 heteroatoms. The second-order valence-corrected chi connectivity index (χ2v) is 4.01. The molecule has 0 spiro atoms. The van der Waals surface area contributed by atoms with Crippen LogP contribution < -0.4 is 17.0 Å². The van der Waals surface area contributed by atoms with Crippen LogP contribution in [0.5, 0.6) is 17.2 Å². The van der Waals surface area contributed by atoms with Crippen molar-refractivity contribution in [2.75, 3.05) is 0 Å². The van der Waals surface area contributed by atoms with Crippen LogP contribution in [0.2, 0.25) is 0 Å². The maximum Gasteiger partial charge on any atom is 0.115 e. The molecular weight excluding hydrogens is 392 g/mol. The van der Waals surface area contributed by atoms with Gasteiger partial charge in [0, 0.05) is 21.7 Å². The van der Waals surface area contributed by atoms with Gasteiger partial charge >= 0.3 is 0 Å². The van der Waals surface area contributed by atoms with Gasteiger partial charge in [-0.3, -0.25) is 0 Å². The number of halogens is 1. The number of para-hydroxylation sites is 3. The summed E-state index contributed by atoms with van der Waals surface area (Å²) in [7, 11) is 0. The Kier molecular flexibility index (Phi) is 15.5. The van der Waals surface area contributed by atoms with Crippen LogP contribution in [0.1, 0.15) is 0 Å². The third-order valence-corrected chi connectivity index (χ3v) is 2.27. The van der Waals surface area contributed by atoms with E-state index in [1.165, 1.54) is 0 Å². The van der Waals surface area contributed by atoms with Crippen molar-refractivity contribution >= 4 is 0 Å². The maximum absolute atomic E-state index is 8.63. The molecule has 0 fully saturated rings. The molecule has 0 atom stereocenters. The molecule has 0 aliphatic carbocycles. The Morgan fingerprint density at radius 3 is 0.652 bits per heavy atom. The quantitative estimate of drug-likeness (QED) is 0.488. The summed E-state index contributed by atoms with van der Waals surface area (Å²) in [4.78, 5) is 0. The molecule has 3 rings (SSSR count). The molecule has 0 radical (unpaired) electrons. The van der Waals surface area contributed by atoms with Gasteiger partial charge in [-0.2, -0.15) is 0 Å². The van der Waals surface area contributed by atoms with E-state index in [-0.39, 0.29) is 38.7 Å². The van der Waals surface area contributed by atoms with Crippen LogP contribution in [0, 0.1) is 0 Å². The van der Waals surface area contributed by atoms with E-state index in [1.807, 2.05) is 18.2 Å². The maximum atomic E-state index is 8.63. The van der Waals surface area contributed by atoms with Crippen molar-refractivity contribution in [2.24, 2.45) is 0 Å². The number of hydrogen-bond donors (Lipinski definition) is 3. The summed E-state index contributed by atoms with van der Waals surface area (Å²) in [6, 6.07) is 26.1. The first-order chi connectivity index (χ1) is 10.2. The molecule has 0 aliphatic rings. The number of benzene rings is 3. The average molecular weight is 410 g/mol. The van der Waals surface area contributed by atoms with Crippen molar-refractivity contribution in [3.63, 3.8) is 0 Å². The summed E-state index contributed by atoms with van der Waals surface area (Å²) in [6.07, 6.45) is 0. The van der Waals surface area contributed by atoms with Crippen molar-refractivity contribution < 1.29 is 54.0 Å². The van der Waals surface area contributed by atoms with Crippen molar-refractivity contribution in [1.29, 1.82) is 0 Å². The predicted molar refractivity (Wildman–Crippen MR) is 84.3 cm³/mol. The van der Waals surface area contributed by atoms with Crippen LogP contribution in [-0.2, 0) is 21.7 Å². The third kappa shape index (κ3) is 13.6. The summed E-state index contributed by atoms with van der Waals surface area (Å²) in [5, 5.41) is 25.9. The fourth-order valence-corrected chi connectivity index (χ4v) is 1.28. The largest absolute Gasteiger partial charge is 1.00 e. The van der Waals surface area contributed by atoms with E-state index >= 15 is 0 Å². The van der Waals surface area contributed by atoms with Gasteiger partial charge in [-0.25, -0.2) is 0 Å². The molecular formula is C18H18BrO3Ti-.